The average Bonchev–Trinajstić information content (AvgIpc) is 3.09. The van der Waals surface area contributed by atoms with Crippen molar-refractivity contribution >= 4 is 34.3 Å². The summed E-state index contributed by atoms with van der Waals surface area (Å²) in [6, 6.07) is 12.5. The molecule has 0 bridgehead atoms. The van der Waals surface area contributed by atoms with Gasteiger partial charge in [-0.3, -0.25) is 14.9 Å². The maximum absolute atomic E-state index is 12.6. The number of ether oxygens (including phenoxy) is 1. The Balaban J connectivity index is 1.73. The van der Waals surface area contributed by atoms with Crippen molar-refractivity contribution in [2.24, 2.45) is 0 Å². The number of rotatable bonds is 5. The molecule has 0 atom stereocenters. The predicted octanol–water partition coefficient (Wildman–Crippen LogP) is 4.62. The SMILES string of the molecule is CC(C)(C)OC(=O)NCc1ccccc1NC(=O)c1cc2cc([N+](=O)[O-])ccc2o1. The smallest absolute Gasteiger partial charge is 0.407 e. The van der Waals surface area contributed by atoms with E-state index < -0.39 is 22.5 Å². The third kappa shape index (κ3) is 5.13. The maximum Gasteiger partial charge on any atom is 0.407 e. The Kier molecular flexibility index (Phi) is 5.72. The molecule has 9 heteroatoms. The van der Waals surface area contributed by atoms with Crippen LogP contribution in [0.15, 0.2) is 52.9 Å². The third-order valence-electron chi connectivity index (χ3n) is 4.02. The molecule has 0 saturated heterocycles. The first kappa shape index (κ1) is 20.8. The molecule has 0 spiro atoms. The number of nitro benzene ring substituents is 1. The van der Waals surface area contributed by atoms with Gasteiger partial charge in [-0.05, 0) is 44.5 Å². The van der Waals surface area contributed by atoms with Gasteiger partial charge >= 0.3 is 6.09 Å². The van der Waals surface area contributed by atoms with Crippen LogP contribution in [0.2, 0.25) is 0 Å². The molecule has 2 amide bonds. The molecule has 0 fully saturated rings. The number of non-ortho nitro benzene ring substituents is 1. The molecule has 0 aliphatic rings. The number of para-hydroxylation sites is 1. The van der Waals surface area contributed by atoms with Crippen LogP contribution in [-0.2, 0) is 11.3 Å². The third-order valence-corrected chi connectivity index (χ3v) is 4.02. The number of fused-ring (bicyclic) bond motifs is 1. The number of amides is 2. The van der Waals surface area contributed by atoms with Crippen LogP contribution in [0.1, 0.15) is 36.9 Å². The summed E-state index contributed by atoms with van der Waals surface area (Å²) in [4.78, 5) is 34.9. The molecule has 0 radical (unpaired) electrons. The second-order valence-electron chi connectivity index (χ2n) is 7.56. The molecule has 30 heavy (non-hydrogen) atoms. The van der Waals surface area contributed by atoms with Gasteiger partial charge in [0.15, 0.2) is 5.76 Å². The van der Waals surface area contributed by atoms with E-state index in [9.17, 15) is 19.7 Å². The number of hydrogen-bond acceptors (Lipinski definition) is 6. The minimum absolute atomic E-state index is 0.0143. The van der Waals surface area contributed by atoms with Crippen molar-refractivity contribution in [3.8, 4) is 0 Å². The van der Waals surface area contributed by atoms with E-state index in [0.717, 1.165) is 0 Å². The number of nitro groups is 1. The van der Waals surface area contributed by atoms with Crippen molar-refractivity contribution in [1.29, 1.82) is 0 Å². The molecule has 0 saturated carbocycles. The Morgan fingerprint density at radius 1 is 1.13 bits per heavy atom. The molecule has 9 nitrogen and oxygen atoms in total. The molecular formula is C21H21N3O6. The highest BCUT2D eigenvalue weighted by atomic mass is 16.6. The molecule has 1 heterocycles. The number of benzene rings is 2. The van der Waals surface area contributed by atoms with Crippen LogP contribution in [-0.4, -0.2) is 22.5 Å². The van der Waals surface area contributed by atoms with Crippen LogP contribution < -0.4 is 10.6 Å². The van der Waals surface area contributed by atoms with Gasteiger partial charge in [0.2, 0.25) is 0 Å². The number of carbonyl (C=O) groups is 2. The lowest BCUT2D eigenvalue weighted by Gasteiger charge is -2.20. The first-order chi connectivity index (χ1) is 14.1. The van der Waals surface area contributed by atoms with Crippen molar-refractivity contribution in [3.63, 3.8) is 0 Å². The quantitative estimate of drug-likeness (QED) is 0.466. The molecule has 0 unspecified atom stereocenters. The number of carbonyl (C=O) groups excluding carboxylic acids is 2. The van der Waals surface area contributed by atoms with E-state index >= 15 is 0 Å². The first-order valence-corrected chi connectivity index (χ1v) is 9.16. The van der Waals surface area contributed by atoms with Crippen molar-refractivity contribution < 1.29 is 23.7 Å². The molecular weight excluding hydrogens is 390 g/mol. The van der Waals surface area contributed by atoms with Gasteiger partial charge in [0, 0.05) is 29.8 Å². The molecule has 3 rings (SSSR count). The van der Waals surface area contributed by atoms with Gasteiger partial charge in [0.25, 0.3) is 11.6 Å². The van der Waals surface area contributed by atoms with E-state index in [0.29, 0.717) is 22.2 Å². The van der Waals surface area contributed by atoms with Gasteiger partial charge in [0.05, 0.1) is 4.92 Å². The van der Waals surface area contributed by atoms with Crippen LogP contribution in [0.3, 0.4) is 0 Å². The molecule has 2 N–H and O–H groups in total. The van der Waals surface area contributed by atoms with E-state index in [2.05, 4.69) is 10.6 Å². The fourth-order valence-electron chi connectivity index (χ4n) is 2.72. The van der Waals surface area contributed by atoms with Crippen LogP contribution in [0.4, 0.5) is 16.2 Å². The Labute approximate surface area is 172 Å². The minimum Gasteiger partial charge on any atom is -0.451 e. The fourth-order valence-corrected chi connectivity index (χ4v) is 2.72. The summed E-state index contributed by atoms with van der Waals surface area (Å²) < 4.78 is 10.7. The summed E-state index contributed by atoms with van der Waals surface area (Å²) in [6.45, 7) is 5.45. The number of alkyl carbamates (subject to hydrolysis) is 1. The van der Waals surface area contributed by atoms with Crippen molar-refractivity contribution in [2.45, 2.75) is 32.9 Å². The lowest BCUT2D eigenvalue weighted by Crippen LogP contribution is -2.32. The van der Waals surface area contributed by atoms with Crippen LogP contribution in [0, 0.1) is 10.1 Å². The maximum atomic E-state index is 12.6. The van der Waals surface area contributed by atoms with Gasteiger partial charge in [-0.2, -0.15) is 0 Å². The number of hydrogen-bond donors (Lipinski definition) is 2. The Morgan fingerprint density at radius 2 is 1.87 bits per heavy atom. The largest absolute Gasteiger partial charge is 0.451 e. The summed E-state index contributed by atoms with van der Waals surface area (Å²) in [5.41, 5.74) is 0.821. The lowest BCUT2D eigenvalue weighted by atomic mass is 10.1. The standard InChI is InChI=1S/C21H21N3O6/c1-21(2,3)30-20(26)22-12-13-6-4-5-7-16(13)23-19(25)18-11-14-10-15(24(27)28)8-9-17(14)29-18/h4-11H,12H2,1-3H3,(H,22,26)(H,23,25). The number of nitrogens with zero attached hydrogens (tertiary/aromatic N) is 1. The van der Waals surface area contributed by atoms with Crippen molar-refractivity contribution in [1.82, 2.24) is 5.32 Å². The summed E-state index contributed by atoms with van der Waals surface area (Å²) in [7, 11) is 0. The molecule has 156 valence electrons. The minimum atomic E-state index is -0.617. The Hall–Kier alpha value is -3.88. The van der Waals surface area contributed by atoms with E-state index in [1.54, 1.807) is 45.0 Å². The molecule has 3 aromatic rings. The zero-order valence-corrected chi connectivity index (χ0v) is 16.7. The van der Waals surface area contributed by atoms with E-state index in [-0.39, 0.29) is 18.0 Å². The second-order valence-corrected chi connectivity index (χ2v) is 7.56. The van der Waals surface area contributed by atoms with Gasteiger partial charge < -0.3 is 19.8 Å². The summed E-state index contributed by atoms with van der Waals surface area (Å²) >= 11 is 0. The number of anilines is 1. The second kappa shape index (κ2) is 8.24. The highest BCUT2D eigenvalue weighted by Gasteiger charge is 2.18. The Bertz CT molecular complexity index is 1110. The fraction of sp³-hybridized carbons (Fsp3) is 0.238. The summed E-state index contributed by atoms with van der Waals surface area (Å²) in [5.74, 6) is -0.501. The van der Waals surface area contributed by atoms with Crippen molar-refractivity contribution in [3.05, 3.63) is 70.0 Å². The van der Waals surface area contributed by atoms with E-state index in [4.69, 9.17) is 9.15 Å². The van der Waals surface area contributed by atoms with Gasteiger partial charge in [-0.15, -0.1) is 0 Å². The lowest BCUT2D eigenvalue weighted by molar-refractivity contribution is -0.384. The van der Waals surface area contributed by atoms with Crippen LogP contribution in [0.25, 0.3) is 11.0 Å². The number of nitrogens with one attached hydrogen (secondary N) is 2. The summed E-state index contributed by atoms with van der Waals surface area (Å²) in [5, 5.41) is 16.7. The highest BCUT2D eigenvalue weighted by molar-refractivity contribution is 6.05. The zero-order chi connectivity index (χ0) is 21.9. The molecule has 1 aromatic heterocycles. The van der Waals surface area contributed by atoms with Crippen molar-refractivity contribution in [2.75, 3.05) is 5.32 Å². The van der Waals surface area contributed by atoms with Gasteiger partial charge in [-0.1, -0.05) is 18.2 Å². The van der Waals surface area contributed by atoms with Gasteiger partial charge in [-0.25, -0.2) is 4.79 Å². The first-order valence-electron chi connectivity index (χ1n) is 9.16. The predicted molar refractivity (Wildman–Crippen MR) is 110 cm³/mol. The Morgan fingerprint density at radius 3 is 2.57 bits per heavy atom. The molecule has 0 aliphatic heterocycles. The monoisotopic (exact) mass is 411 g/mol. The van der Waals surface area contributed by atoms with Crippen LogP contribution in [0.5, 0.6) is 0 Å². The van der Waals surface area contributed by atoms with Gasteiger partial charge in [0.1, 0.15) is 11.2 Å². The average molecular weight is 411 g/mol. The number of furan rings is 1. The highest BCUT2D eigenvalue weighted by Crippen LogP contribution is 2.25. The van der Waals surface area contributed by atoms with Crippen LogP contribution >= 0.6 is 0 Å². The molecule has 0 aliphatic carbocycles. The zero-order valence-electron chi connectivity index (χ0n) is 16.7. The molecule has 2 aromatic carbocycles. The summed E-state index contributed by atoms with van der Waals surface area (Å²) in [6.07, 6.45) is -0.567. The topological polar surface area (TPSA) is 124 Å². The van der Waals surface area contributed by atoms with E-state index in [1.807, 2.05) is 0 Å². The van der Waals surface area contributed by atoms with E-state index in [1.165, 1.54) is 24.3 Å². The normalized spacial score (nSPS) is 11.2.